The van der Waals surface area contributed by atoms with E-state index in [2.05, 4.69) is 0 Å². The van der Waals surface area contributed by atoms with E-state index < -0.39 is 5.41 Å². The van der Waals surface area contributed by atoms with Crippen molar-refractivity contribution in [1.29, 1.82) is 0 Å². The number of hydrogen-bond donors (Lipinski definition) is 0. The number of ether oxygens (including phenoxy) is 1. The summed E-state index contributed by atoms with van der Waals surface area (Å²) in [5.41, 5.74) is -0.646. The van der Waals surface area contributed by atoms with E-state index in [1.807, 2.05) is 4.90 Å². The number of carbonyl (C=O) groups is 2. The van der Waals surface area contributed by atoms with Crippen LogP contribution in [0.15, 0.2) is 29.2 Å². The molecule has 2 fully saturated rings. The van der Waals surface area contributed by atoms with Crippen LogP contribution in [-0.2, 0) is 20.9 Å². The lowest BCUT2D eigenvalue weighted by molar-refractivity contribution is -0.146. The normalized spacial score (nSPS) is 23.5. The number of aromatic nitrogens is 1. The van der Waals surface area contributed by atoms with E-state index in [0.717, 1.165) is 19.4 Å². The monoisotopic (exact) mass is 347 g/mol. The molecule has 3 heterocycles. The summed E-state index contributed by atoms with van der Waals surface area (Å²) >= 11 is 0. The Morgan fingerprint density at radius 2 is 2.08 bits per heavy atom. The molecule has 2 saturated heterocycles. The molecular formula is C18H25N3O4. The van der Waals surface area contributed by atoms with Crippen LogP contribution < -0.4 is 5.56 Å². The second-order valence-electron chi connectivity index (χ2n) is 6.90. The zero-order chi connectivity index (χ0) is 17.9. The molecule has 2 aliphatic rings. The molecule has 136 valence electrons. The van der Waals surface area contributed by atoms with Crippen LogP contribution in [0.25, 0.3) is 0 Å². The summed E-state index contributed by atoms with van der Waals surface area (Å²) in [4.78, 5) is 40.9. The molecule has 1 spiro atoms. The van der Waals surface area contributed by atoms with E-state index in [-0.39, 0.29) is 23.9 Å². The molecule has 0 unspecified atom stereocenters. The van der Waals surface area contributed by atoms with Crippen LogP contribution in [0.1, 0.15) is 19.3 Å². The van der Waals surface area contributed by atoms with Crippen molar-refractivity contribution in [3.05, 3.63) is 34.7 Å². The molecule has 25 heavy (non-hydrogen) atoms. The van der Waals surface area contributed by atoms with Gasteiger partial charge >= 0.3 is 0 Å². The van der Waals surface area contributed by atoms with E-state index >= 15 is 0 Å². The van der Waals surface area contributed by atoms with E-state index in [0.29, 0.717) is 32.7 Å². The first-order chi connectivity index (χ1) is 12.1. The number of methoxy groups -OCH3 is 1. The smallest absolute Gasteiger partial charge is 0.250 e. The average Bonchev–Trinajstić information content (AvgIpc) is 3.04. The number of piperidine rings is 1. The lowest BCUT2D eigenvalue weighted by Crippen LogP contribution is -2.51. The number of pyridine rings is 1. The van der Waals surface area contributed by atoms with Gasteiger partial charge in [0.2, 0.25) is 11.8 Å². The summed E-state index contributed by atoms with van der Waals surface area (Å²) in [6.45, 7) is 2.94. The number of likely N-dealkylation sites (tertiary alicyclic amines) is 2. The fraction of sp³-hybridized carbons (Fsp3) is 0.611. The first-order valence-electron chi connectivity index (χ1n) is 8.77. The summed E-state index contributed by atoms with van der Waals surface area (Å²) in [6, 6.07) is 4.83. The van der Waals surface area contributed by atoms with Crippen LogP contribution in [0.5, 0.6) is 0 Å². The molecule has 2 amide bonds. The molecule has 0 radical (unpaired) electrons. The first kappa shape index (κ1) is 17.7. The van der Waals surface area contributed by atoms with Crippen molar-refractivity contribution >= 4 is 11.8 Å². The minimum absolute atomic E-state index is 0.0251. The molecule has 1 aromatic heterocycles. The van der Waals surface area contributed by atoms with Gasteiger partial charge in [-0.25, -0.2) is 0 Å². The molecule has 2 aliphatic heterocycles. The highest BCUT2D eigenvalue weighted by Gasteiger charge is 2.49. The van der Waals surface area contributed by atoms with Crippen LogP contribution in [0.3, 0.4) is 0 Å². The van der Waals surface area contributed by atoms with Crippen molar-refractivity contribution in [3.63, 3.8) is 0 Å². The third-order valence-corrected chi connectivity index (χ3v) is 5.30. The fourth-order valence-corrected chi connectivity index (χ4v) is 3.87. The molecular weight excluding hydrogens is 322 g/mol. The van der Waals surface area contributed by atoms with Gasteiger partial charge in [-0.15, -0.1) is 0 Å². The fourth-order valence-electron chi connectivity index (χ4n) is 3.87. The van der Waals surface area contributed by atoms with Crippen molar-refractivity contribution < 1.29 is 14.3 Å². The van der Waals surface area contributed by atoms with Gasteiger partial charge < -0.3 is 19.1 Å². The molecule has 0 aromatic carbocycles. The van der Waals surface area contributed by atoms with E-state index in [1.54, 1.807) is 30.3 Å². The van der Waals surface area contributed by atoms with Gasteiger partial charge in [0.05, 0.1) is 12.0 Å². The summed E-state index contributed by atoms with van der Waals surface area (Å²) in [6.07, 6.45) is 4.09. The third-order valence-electron chi connectivity index (χ3n) is 5.30. The van der Waals surface area contributed by atoms with Gasteiger partial charge in [-0.05, 0) is 25.3 Å². The molecule has 0 N–H and O–H groups in total. The average molecular weight is 347 g/mol. The van der Waals surface area contributed by atoms with Crippen molar-refractivity contribution in [1.82, 2.24) is 14.4 Å². The van der Waals surface area contributed by atoms with Gasteiger partial charge in [0, 0.05) is 45.6 Å². The minimum Gasteiger partial charge on any atom is -0.383 e. The van der Waals surface area contributed by atoms with Crippen molar-refractivity contribution in [3.8, 4) is 0 Å². The molecule has 3 rings (SSSR count). The number of rotatable bonds is 5. The van der Waals surface area contributed by atoms with Crippen molar-refractivity contribution in [2.45, 2.75) is 25.8 Å². The number of nitrogens with zero attached hydrogens (tertiary/aromatic N) is 3. The lowest BCUT2D eigenvalue weighted by Gasteiger charge is -2.39. The Morgan fingerprint density at radius 3 is 2.84 bits per heavy atom. The summed E-state index contributed by atoms with van der Waals surface area (Å²) in [5.74, 6) is 0.0370. The molecule has 1 aromatic rings. The Hall–Kier alpha value is -2.15. The summed E-state index contributed by atoms with van der Waals surface area (Å²) < 4.78 is 6.49. The molecule has 0 bridgehead atoms. The SMILES string of the molecule is COCCN1CCC[C@@]2(CCN(C(=O)Cn3ccccc3=O)C2)C1=O. The Labute approximate surface area is 147 Å². The zero-order valence-electron chi connectivity index (χ0n) is 14.6. The number of carbonyl (C=O) groups excluding carboxylic acids is 2. The Balaban J connectivity index is 1.66. The largest absolute Gasteiger partial charge is 0.383 e. The molecule has 1 atom stereocenters. The number of amides is 2. The summed E-state index contributed by atoms with van der Waals surface area (Å²) in [7, 11) is 1.63. The highest BCUT2D eigenvalue weighted by molar-refractivity contribution is 5.86. The van der Waals surface area contributed by atoms with Crippen molar-refractivity contribution in [2.75, 3.05) is 39.9 Å². The highest BCUT2D eigenvalue weighted by Crippen LogP contribution is 2.40. The molecule has 7 nitrogen and oxygen atoms in total. The third kappa shape index (κ3) is 3.61. The Morgan fingerprint density at radius 1 is 1.24 bits per heavy atom. The second kappa shape index (κ2) is 7.39. The quantitative estimate of drug-likeness (QED) is 0.770. The minimum atomic E-state index is -0.455. The molecule has 0 saturated carbocycles. The topological polar surface area (TPSA) is 71.8 Å². The van der Waals surface area contributed by atoms with Crippen LogP contribution in [0.4, 0.5) is 0 Å². The Kier molecular flexibility index (Phi) is 5.22. The highest BCUT2D eigenvalue weighted by atomic mass is 16.5. The van der Waals surface area contributed by atoms with E-state index in [4.69, 9.17) is 4.74 Å². The maximum absolute atomic E-state index is 12.9. The van der Waals surface area contributed by atoms with E-state index in [9.17, 15) is 14.4 Å². The van der Waals surface area contributed by atoms with Gasteiger partial charge in [-0.1, -0.05) is 6.07 Å². The van der Waals surface area contributed by atoms with Crippen LogP contribution >= 0.6 is 0 Å². The van der Waals surface area contributed by atoms with Gasteiger partial charge in [-0.3, -0.25) is 14.4 Å². The van der Waals surface area contributed by atoms with Crippen LogP contribution in [-0.4, -0.2) is 66.1 Å². The van der Waals surface area contributed by atoms with Gasteiger partial charge in [0.1, 0.15) is 6.54 Å². The second-order valence-corrected chi connectivity index (χ2v) is 6.90. The molecule has 0 aliphatic carbocycles. The van der Waals surface area contributed by atoms with E-state index in [1.165, 1.54) is 10.6 Å². The maximum atomic E-state index is 12.9. The predicted molar refractivity (Wildman–Crippen MR) is 92.0 cm³/mol. The zero-order valence-corrected chi connectivity index (χ0v) is 14.6. The lowest BCUT2D eigenvalue weighted by atomic mass is 9.78. The van der Waals surface area contributed by atoms with Gasteiger partial charge in [0.25, 0.3) is 5.56 Å². The van der Waals surface area contributed by atoms with Crippen LogP contribution in [0.2, 0.25) is 0 Å². The van der Waals surface area contributed by atoms with Crippen LogP contribution in [0, 0.1) is 5.41 Å². The molecule has 7 heteroatoms. The standard InChI is InChI=1S/C18H25N3O4/c1-25-12-11-19-9-4-6-18(17(19)24)7-10-21(14-18)16(23)13-20-8-3-2-5-15(20)22/h2-3,5,8H,4,6-7,9-14H2,1H3/t18-/m0/s1. The number of hydrogen-bond acceptors (Lipinski definition) is 4. The summed E-state index contributed by atoms with van der Waals surface area (Å²) in [5, 5.41) is 0. The predicted octanol–water partition coefficient (Wildman–Crippen LogP) is 0.336. The van der Waals surface area contributed by atoms with Gasteiger partial charge in [0.15, 0.2) is 0 Å². The maximum Gasteiger partial charge on any atom is 0.250 e. The first-order valence-corrected chi connectivity index (χ1v) is 8.77. The van der Waals surface area contributed by atoms with Crippen molar-refractivity contribution in [2.24, 2.45) is 5.41 Å². The van der Waals surface area contributed by atoms with Gasteiger partial charge in [-0.2, -0.15) is 0 Å². The Bertz CT molecular complexity index is 702.